The van der Waals surface area contributed by atoms with Crippen LogP contribution >= 0.6 is 24.8 Å². The van der Waals surface area contributed by atoms with Crippen molar-refractivity contribution in [3.63, 3.8) is 0 Å². The Kier molecular flexibility index (Phi) is 9.20. The molecule has 4 heteroatoms. The zero-order valence-corrected chi connectivity index (χ0v) is 28.6. The topological polar surface area (TPSA) is 0 Å². The predicted octanol–water partition coefficient (Wildman–Crippen LogP) is 8.19. The zero-order chi connectivity index (χ0) is 24.8. The van der Waals surface area contributed by atoms with Gasteiger partial charge in [0.2, 0.25) is 0 Å². The van der Waals surface area contributed by atoms with Crippen LogP contribution in [0.3, 0.4) is 0 Å². The third kappa shape index (κ3) is 5.02. The van der Waals surface area contributed by atoms with E-state index in [0.717, 1.165) is 0 Å². The molecule has 192 valence electrons. The summed E-state index contributed by atoms with van der Waals surface area (Å²) in [5.74, 6) is 0. The molecule has 0 spiro atoms. The van der Waals surface area contributed by atoms with Crippen molar-refractivity contribution in [3.05, 3.63) is 142 Å². The molecule has 0 saturated carbocycles. The molecular formula is C34H34Cl2HfSi. The summed E-state index contributed by atoms with van der Waals surface area (Å²) < 4.78 is 1.22. The summed E-state index contributed by atoms with van der Waals surface area (Å²) in [6, 6.07) is 37.2. The Morgan fingerprint density at radius 3 is 1.29 bits per heavy atom. The molecule has 0 radical (unpaired) electrons. The SMILES string of the molecule is CC1=Cc2c(C)cccc2[CH]1[Hf]([CH]1C(C)=Cc2c(C)cccc21)=[Si](c1ccccc1)c1ccccc1.Cl.Cl. The van der Waals surface area contributed by atoms with Gasteiger partial charge >= 0.3 is 225 Å². The van der Waals surface area contributed by atoms with Gasteiger partial charge in [0.1, 0.15) is 0 Å². The largest absolute Gasteiger partial charge is 0.147 e. The number of allylic oxidation sites excluding steroid dienone is 2. The monoisotopic (exact) mass is 720 g/mol. The summed E-state index contributed by atoms with van der Waals surface area (Å²) in [5, 5.41) is 3.19. The predicted molar refractivity (Wildman–Crippen MR) is 168 cm³/mol. The average molecular weight is 720 g/mol. The molecule has 0 bridgehead atoms. The van der Waals surface area contributed by atoms with Crippen LogP contribution < -0.4 is 10.4 Å². The Hall–Kier alpha value is -1.97. The summed E-state index contributed by atoms with van der Waals surface area (Å²) in [4.78, 5) is 0. The van der Waals surface area contributed by atoms with E-state index in [2.05, 4.69) is 137 Å². The fourth-order valence-corrected chi connectivity index (χ4v) is 41.8. The van der Waals surface area contributed by atoms with Crippen molar-refractivity contribution in [2.75, 3.05) is 0 Å². The molecule has 0 saturated heterocycles. The molecule has 0 heterocycles. The van der Waals surface area contributed by atoms with Crippen LogP contribution in [0.1, 0.15) is 54.6 Å². The Labute approximate surface area is 247 Å². The van der Waals surface area contributed by atoms with E-state index in [1.165, 1.54) is 22.3 Å². The summed E-state index contributed by atoms with van der Waals surface area (Å²) in [5.41, 5.74) is 11.3. The molecule has 2 aliphatic rings. The van der Waals surface area contributed by atoms with E-state index in [9.17, 15) is 0 Å². The van der Waals surface area contributed by atoms with Gasteiger partial charge in [-0.2, -0.15) is 0 Å². The van der Waals surface area contributed by atoms with Gasteiger partial charge in [-0.25, -0.2) is 0 Å². The number of rotatable bonds is 4. The number of fused-ring (bicyclic) bond motifs is 2. The van der Waals surface area contributed by atoms with Crippen LogP contribution in [0.4, 0.5) is 0 Å². The molecule has 0 aromatic heterocycles. The van der Waals surface area contributed by atoms with Crippen LogP contribution in [0.25, 0.3) is 12.2 Å². The zero-order valence-electron chi connectivity index (χ0n) is 22.4. The van der Waals surface area contributed by atoms with Crippen molar-refractivity contribution in [2.24, 2.45) is 0 Å². The second kappa shape index (κ2) is 12.0. The minimum absolute atomic E-state index is 0. The minimum atomic E-state index is -2.66. The van der Waals surface area contributed by atoms with E-state index in [-0.39, 0.29) is 24.8 Å². The second-order valence-corrected chi connectivity index (χ2v) is 29.8. The van der Waals surface area contributed by atoms with Gasteiger partial charge in [0.15, 0.2) is 0 Å². The van der Waals surface area contributed by atoms with Crippen LogP contribution in [0, 0.1) is 13.8 Å². The first kappa shape index (κ1) is 29.0. The van der Waals surface area contributed by atoms with Crippen LogP contribution in [0.15, 0.2) is 108 Å². The van der Waals surface area contributed by atoms with E-state index in [0.29, 0.717) is 7.35 Å². The van der Waals surface area contributed by atoms with Gasteiger partial charge in [0, 0.05) is 0 Å². The Bertz CT molecular complexity index is 1450. The molecule has 4 aromatic rings. The van der Waals surface area contributed by atoms with Gasteiger partial charge in [-0.3, -0.25) is 0 Å². The third-order valence-electron chi connectivity index (χ3n) is 8.03. The molecule has 0 nitrogen and oxygen atoms in total. The molecule has 0 N–H and O–H groups in total. The second-order valence-electron chi connectivity index (χ2n) is 10.4. The number of halogens is 2. The van der Waals surface area contributed by atoms with Crippen LogP contribution in [-0.2, 0) is 20.1 Å². The maximum Gasteiger partial charge on any atom is -0.147 e. The smallest absolute Gasteiger partial charge is 0.147 e. The first-order chi connectivity index (χ1) is 17.5. The summed E-state index contributed by atoms with van der Waals surface area (Å²) >= 11 is -2.66. The Morgan fingerprint density at radius 2 is 0.895 bits per heavy atom. The number of benzene rings is 4. The molecule has 2 unspecified atom stereocenters. The molecule has 2 aliphatic carbocycles. The average Bonchev–Trinajstić information content (AvgIpc) is 3.41. The van der Waals surface area contributed by atoms with Crippen molar-refractivity contribution in [1.29, 1.82) is 0 Å². The van der Waals surface area contributed by atoms with Crippen LogP contribution in [0.2, 0.25) is 0 Å². The van der Waals surface area contributed by atoms with E-state index in [4.69, 9.17) is 0 Å². The number of aryl methyl sites for hydroxylation is 2. The fourth-order valence-electron chi connectivity index (χ4n) is 6.41. The van der Waals surface area contributed by atoms with Gasteiger partial charge in [-0.05, 0) is 0 Å². The minimum Gasteiger partial charge on any atom is -0.147 e. The first-order valence-corrected chi connectivity index (χ1v) is 24.0. The van der Waals surface area contributed by atoms with Crippen LogP contribution in [0.5, 0.6) is 0 Å². The molecule has 0 aliphatic heterocycles. The van der Waals surface area contributed by atoms with Gasteiger partial charge in [0.05, 0.1) is 0 Å². The standard InChI is InChI=1S/C12H10Si.2C11H11.2ClH.Hf/c1-3-7-11(8-4-1)13-12-9-5-2-6-10-12;2*1-8-6-10-5-3-4-9(2)11(10)7-8;;;/h1-10H;2*3-7H,1-2H3;2*1H;. The normalized spacial score (nSPS) is 16.8. The van der Waals surface area contributed by atoms with Gasteiger partial charge in [-0.15, -0.1) is 24.8 Å². The van der Waals surface area contributed by atoms with Crippen molar-refractivity contribution < 1.29 is 20.1 Å². The molecule has 0 fully saturated rings. The molecule has 2 atom stereocenters. The van der Waals surface area contributed by atoms with Crippen molar-refractivity contribution in [2.45, 2.75) is 35.0 Å². The van der Waals surface area contributed by atoms with Gasteiger partial charge in [0.25, 0.3) is 0 Å². The molecule has 38 heavy (non-hydrogen) atoms. The summed E-state index contributed by atoms with van der Waals surface area (Å²) in [6.07, 6.45) is 5.06. The van der Waals surface area contributed by atoms with Gasteiger partial charge in [-0.1, -0.05) is 0 Å². The number of hydrogen-bond acceptors (Lipinski definition) is 0. The first-order valence-electron chi connectivity index (χ1n) is 12.9. The third-order valence-corrected chi connectivity index (χ3v) is 37.6. The van der Waals surface area contributed by atoms with Gasteiger partial charge < -0.3 is 0 Å². The summed E-state index contributed by atoms with van der Waals surface area (Å²) in [7, 11) is 0. The molecular weight excluding hydrogens is 686 g/mol. The van der Waals surface area contributed by atoms with Crippen molar-refractivity contribution in [3.8, 4) is 0 Å². The Morgan fingerprint density at radius 1 is 0.500 bits per heavy atom. The van der Waals surface area contributed by atoms with Crippen molar-refractivity contribution >= 4 is 52.8 Å². The molecule has 4 aromatic carbocycles. The maximum absolute atomic E-state index is 2.66. The fraction of sp³-hybridized carbons (Fsp3) is 0.176. The molecule has 6 rings (SSSR count). The van der Waals surface area contributed by atoms with E-state index >= 15 is 0 Å². The Balaban J connectivity index is 0.00000168. The number of hydrogen-bond donors (Lipinski definition) is 0. The maximum atomic E-state index is 2.53. The summed E-state index contributed by atoms with van der Waals surface area (Å²) in [6.45, 7) is 9.43. The van der Waals surface area contributed by atoms with Crippen LogP contribution in [-0.4, -0.2) is 5.49 Å². The van der Waals surface area contributed by atoms with E-state index < -0.39 is 25.6 Å². The quantitative estimate of drug-likeness (QED) is 0.187. The van der Waals surface area contributed by atoms with E-state index in [1.54, 1.807) is 32.6 Å². The molecule has 0 amide bonds. The van der Waals surface area contributed by atoms with Crippen molar-refractivity contribution in [1.82, 2.24) is 0 Å². The van der Waals surface area contributed by atoms with E-state index in [1.807, 2.05) is 0 Å².